The van der Waals surface area contributed by atoms with Crippen LogP contribution in [0, 0.1) is 0 Å². The third-order valence-electron chi connectivity index (χ3n) is 3.00. The minimum atomic E-state index is 0.0754. The Morgan fingerprint density at radius 3 is 2.60 bits per heavy atom. The van der Waals surface area contributed by atoms with Crippen LogP contribution in [0.2, 0.25) is 0 Å². The average molecular weight is 285 g/mol. The Bertz CT molecular complexity index is 582. The number of carbonyl (C=O) groups excluding carboxylic acids is 1. The Balaban J connectivity index is 1.57. The van der Waals surface area contributed by atoms with Gasteiger partial charge in [0.25, 0.3) is 0 Å². The number of nitrogens with one attached hydrogen (secondary N) is 1. The van der Waals surface area contributed by atoms with Crippen LogP contribution in [0.1, 0.15) is 12.8 Å². The van der Waals surface area contributed by atoms with E-state index in [-0.39, 0.29) is 5.91 Å². The monoisotopic (exact) mass is 285 g/mol. The molecule has 0 atom stereocenters. The van der Waals surface area contributed by atoms with Crippen LogP contribution in [0.4, 0.5) is 0 Å². The lowest BCUT2D eigenvalue weighted by Crippen LogP contribution is -2.27. The van der Waals surface area contributed by atoms with Crippen LogP contribution in [0.5, 0.6) is 0 Å². The second-order valence-corrected chi connectivity index (χ2v) is 5.75. The van der Waals surface area contributed by atoms with Crippen LogP contribution in [0.3, 0.4) is 0 Å². The summed E-state index contributed by atoms with van der Waals surface area (Å²) in [6, 6.07) is 14.2. The zero-order valence-corrected chi connectivity index (χ0v) is 11.8. The minimum absolute atomic E-state index is 0.0754. The number of carbonyl (C=O) groups is 1. The van der Waals surface area contributed by atoms with Gasteiger partial charge in [0, 0.05) is 11.6 Å². The number of hydrogen-bond acceptors (Lipinski definition) is 4. The Hall–Kier alpha value is -1.88. The molecule has 1 aromatic heterocycles. The quantitative estimate of drug-likeness (QED) is 0.858. The van der Waals surface area contributed by atoms with Gasteiger partial charge in [-0.1, -0.05) is 42.1 Å². The molecule has 0 aliphatic heterocycles. The Kier molecular flexibility index (Phi) is 3.97. The van der Waals surface area contributed by atoms with Crippen LogP contribution in [0.15, 0.2) is 47.5 Å². The predicted molar refractivity (Wildman–Crippen MR) is 79.4 cm³/mol. The van der Waals surface area contributed by atoms with E-state index < -0.39 is 0 Å². The zero-order valence-electron chi connectivity index (χ0n) is 11.0. The Morgan fingerprint density at radius 1 is 1.15 bits per heavy atom. The van der Waals surface area contributed by atoms with Crippen molar-refractivity contribution in [3.8, 4) is 11.3 Å². The van der Waals surface area contributed by atoms with Crippen LogP contribution < -0.4 is 5.32 Å². The molecular weight excluding hydrogens is 270 g/mol. The first-order valence-corrected chi connectivity index (χ1v) is 7.61. The van der Waals surface area contributed by atoms with Gasteiger partial charge in [-0.3, -0.25) is 4.79 Å². The van der Waals surface area contributed by atoms with Crippen molar-refractivity contribution in [3.05, 3.63) is 42.5 Å². The van der Waals surface area contributed by atoms with Gasteiger partial charge in [-0.25, -0.2) is 0 Å². The van der Waals surface area contributed by atoms with Gasteiger partial charge in [0.05, 0.1) is 11.4 Å². The maximum absolute atomic E-state index is 11.6. The fourth-order valence-electron chi connectivity index (χ4n) is 1.80. The van der Waals surface area contributed by atoms with Gasteiger partial charge in [0.2, 0.25) is 5.91 Å². The number of thioether (sulfide) groups is 1. The molecule has 1 heterocycles. The molecule has 20 heavy (non-hydrogen) atoms. The summed E-state index contributed by atoms with van der Waals surface area (Å²) in [6.45, 7) is 0. The van der Waals surface area contributed by atoms with Crippen LogP contribution >= 0.6 is 11.8 Å². The first-order chi connectivity index (χ1) is 9.81. The number of aromatic nitrogens is 2. The van der Waals surface area contributed by atoms with E-state index in [0.29, 0.717) is 11.8 Å². The van der Waals surface area contributed by atoms with Crippen molar-refractivity contribution >= 4 is 17.7 Å². The number of benzene rings is 1. The summed E-state index contributed by atoms with van der Waals surface area (Å²) in [4.78, 5) is 11.6. The van der Waals surface area contributed by atoms with Gasteiger partial charge in [0.1, 0.15) is 5.03 Å². The molecule has 0 unspecified atom stereocenters. The summed E-state index contributed by atoms with van der Waals surface area (Å²) in [5.74, 6) is 0.474. The van der Waals surface area contributed by atoms with E-state index in [4.69, 9.17) is 0 Å². The number of amides is 1. The molecule has 1 aliphatic carbocycles. The average Bonchev–Trinajstić information content (AvgIpc) is 3.31. The molecule has 1 aliphatic rings. The molecule has 0 saturated heterocycles. The van der Waals surface area contributed by atoms with Gasteiger partial charge in [-0.2, -0.15) is 0 Å². The predicted octanol–water partition coefficient (Wildman–Crippen LogP) is 2.51. The lowest BCUT2D eigenvalue weighted by molar-refractivity contribution is -0.118. The van der Waals surface area contributed by atoms with E-state index in [2.05, 4.69) is 15.5 Å². The first-order valence-electron chi connectivity index (χ1n) is 6.62. The molecule has 0 radical (unpaired) electrons. The van der Waals surface area contributed by atoms with E-state index in [1.807, 2.05) is 42.5 Å². The van der Waals surface area contributed by atoms with Gasteiger partial charge < -0.3 is 5.32 Å². The molecule has 1 fully saturated rings. The molecule has 4 nitrogen and oxygen atoms in total. The van der Waals surface area contributed by atoms with Crippen molar-refractivity contribution in [2.45, 2.75) is 23.9 Å². The topological polar surface area (TPSA) is 54.9 Å². The molecular formula is C15H15N3OS. The number of nitrogens with zero attached hydrogens (tertiary/aromatic N) is 2. The Morgan fingerprint density at radius 2 is 1.95 bits per heavy atom. The molecule has 0 spiro atoms. The highest BCUT2D eigenvalue weighted by molar-refractivity contribution is 7.99. The molecule has 1 N–H and O–H groups in total. The summed E-state index contributed by atoms with van der Waals surface area (Å²) >= 11 is 1.42. The normalized spacial score (nSPS) is 14.0. The second kappa shape index (κ2) is 6.05. The molecule has 0 bridgehead atoms. The van der Waals surface area contributed by atoms with Gasteiger partial charge in [-0.15, -0.1) is 10.2 Å². The Labute approximate surface area is 122 Å². The number of rotatable bonds is 5. The third-order valence-corrected chi connectivity index (χ3v) is 3.92. The first kappa shape index (κ1) is 13.1. The maximum atomic E-state index is 11.6. The fraction of sp³-hybridized carbons (Fsp3) is 0.267. The number of hydrogen-bond donors (Lipinski definition) is 1. The lowest BCUT2D eigenvalue weighted by Gasteiger charge is -2.03. The summed E-state index contributed by atoms with van der Waals surface area (Å²) in [5.41, 5.74) is 1.89. The highest BCUT2D eigenvalue weighted by Gasteiger charge is 2.23. The van der Waals surface area contributed by atoms with Crippen LogP contribution in [0.25, 0.3) is 11.3 Å². The summed E-state index contributed by atoms with van der Waals surface area (Å²) in [5, 5.41) is 12.1. The smallest absolute Gasteiger partial charge is 0.230 e. The lowest BCUT2D eigenvalue weighted by atomic mass is 10.1. The van der Waals surface area contributed by atoms with Gasteiger partial charge in [0.15, 0.2) is 0 Å². The highest BCUT2D eigenvalue weighted by atomic mass is 32.2. The van der Waals surface area contributed by atoms with Crippen molar-refractivity contribution in [2.24, 2.45) is 0 Å². The standard InChI is InChI=1S/C15H15N3OS/c19-14(16-12-6-7-12)10-20-15-9-8-13(17-18-15)11-4-2-1-3-5-11/h1-5,8-9,12H,6-7,10H2,(H,16,19). The maximum Gasteiger partial charge on any atom is 0.230 e. The van der Waals surface area contributed by atoms with Crippen molar-refractivity contribution in [2.75, 3.05) is 5.75 Å². The summed E-state index contributed by atoms with van der Waals surface area (Å²) in [7, 11) is 0. The van der Waals surface area contributed by atoms with Crippen molar-refractivity contribution in [3.63, 3.8) is 0 Å². The van der Waals surface area contributed by atoms with Crippen molar-refractivity contribution < 1.29 is 4.79 Å². The molecule has 1 amide bonds. The minimum Gasteiger partial charge on any atom is -0.353 e. The third kappa shape index (κ3) is 3.57. The van der Waals surface area contributed by atoms with Gasteiger partial charge in [-0.05, 0) is 25.0 Å². The molecule has 2 aromatic rings. The molecule has 1 aromatic carbocycles. The van der Waals surface area contributed by atoms with E-state index in [1.54, 1.807) is 0 Å². The fourth-order valence-corrected chi connectivity index (χ4v) is 2.42. The van der Waals surface area contributed by atoms with Crippen molar-refractivity contribution in [1.29, 1.82) is 0 Å². The largest absolute Gasteiger partial charge is 0.353 e. The summed E-state index contributed by atoms with van der Waals surface area (Å²) < 4.78 is 0. The van der Waals surface area contributed by atoms with E-state index in [9.17, 15) is 4.79 Å². The van der Waals surface area contributed by atoms with Gasteiger partial charge >= 0.3 is 0 Å². The molecule has 3 rings (SSSR count). The van der Waals surface area contributed by atoms with Crippen LogP contribution in [-0.4, -0.2) is 27.9 Å². The molecule has 5 heteroatoms. The van der Waals surface area contributed by atoms with E-state index >= 15 is 0 Å². The molecule has 1 saturated carbocycles. The van der Waals surface area contributed by atoms with Crippen LogP contribution in [-0.2, 0) is 4.79 Å². The SMILES string of the molecule is O=C(CSc1ccc(-c2ccccc2)nn1)NC1CC1. The summed E-state index contributed by atoms with van der Waals surface area (Å²) in [6.07, 6.45) is 2.23. The van der Waals surface area contributed by atoms with E-state index in [1.165, 1.54) is 11.8 Å². The highest BCUT2D eigenvalue weighted by Crippen LogP contribution is 2.21. The second-order valence-electron chi connectivity index (χ2n) is 4.75. The van der Waals surface area contributed by atoms with E-state index in [0.717, 1.165) is 29.1 Å². The zero-order chi connectivity index (χ0) is 13.8. The molecule has 102 valence electrons. The van der Waals surface area contributed by atoms with Crippen molar-refractivity contribution in [1.82, 2.24) is 15.5 Å².